The van der Waals surface area contributed by atoms with E-state index in [4.69, 9.17) is 9.47 Å². The van der Waals surface area contributed by atoms with E-state index in [2.05, 4.69) is 12.1 Å². The standard InChI is InChI=1S/C20H28N2O4/c1-17(23)21(11-7-18-5-3-2-4-6-18)12-8-19(24)22-13-9-20(10-14-22)25-15-16-26-20/h2-6H,7-16H2,1H3. The minimum atomic E-state index is -0.460. The smallest absolute Gasteiger partial charge is 0.224 e. The van der Waals surface area contributed by atoms with Crippen molar-refractivity contribution in [3.63, 3.8) is 0 Å². The van der Waals surface area contributed by atoms with Crippen LogP contribution in [0.4, 0.5) is 0 Å². The van der Waals surface area contributed by atoms with Gasteiger partial charge in [0.15, 0.2) is 5.79 Å². The van der Waals surface area contributed by atoms with Crippen LogP contribution >= 0.6 is 0 Å². The van der Waals surface area contributed by atoms with Gasteiger partial charge in [-0.2, -0.15) is 0 Å². The van der Waals surface area contributed by atoms with Crippen molar-refractivity contribution in [2.24, 2.45) is 0 Å². The molecule has 142 valence electrons. The van der Waals surface area contributed by atoms with Gasteiger partial charge in [0, 0.05) is 52.4 Å². The second-order valence-corrected chi connectivity index (χ2v) is 6.98. The first-order valence-electron chi connectivity index (χ1n) is 9.43. The fourth-order valence-electron chi connectivity index (χ4n) is 3.61. The minimum absolute atomic E-state index is 0.0130. The lowest BCUT2D eigenvalue weighted by Gasteiger charge is -2.37. The van der Waals surface area contributed by atoms with Gasteiger partial charge in [-0.25, -0.2) is 0 Å². The molecule has 0 N–H and O–H groups in total. The number of amides is 2. The summed E-state index contributed by atoms with van der Waals surface area (Å²) >= 11 is 0. The number of carbonyl (C=O) groups excluding carboxylic acids is 2. The zero-order chi connectivity index (χ0) is 18.4. The first-order valence-corrected chi connectivity index (χ1v) is 9.43. The molecule has 0 radical (unpaired) electrons. The Hall–Kier alpha value is -1.92. The number of hydrogen-bond acceptors (Lipinski definition) is 4. The van der Waals surface area contributed by atoms with Crippen molar-refractivity contribution in [3.8, 4) is 0 Å². The zero-order valence-corrected chi connectivity index (χ0v) is 15.5. The number of piperidine rings is 1. The summed E-state index contributed by atoms with van der Waals surface area (Å²) in [5.41, 5.74) is 1.20. The Balaban J connectivity index is 1.43. The molecular weight excluding hydrogens is 332 g/mol. The molecule has 3 rings (SSSR count). The van der Waals surface area contributed by atoms with Crippen LogP contribution in [0.25, 0.3) is 0 Å². The minimum Gasteiger partial charge on any atom is -0.347 e. The van der Waals surface area contributed by atoms with Crippen molar-refractivity contribution < 1.29 is 19.1 Å². The summed E-state index contributed by atoms with van der Waals surface area (Å²) in [6, 6.07) is 10.1. The predicted octanol–water partition coefficient (Wildman–Crippen LogP) is 1.83. The van der Waals surface area contributed by atoms with E-state index in [9.17, 15) is 9.59 Å². The van der Waals surface area contributed by atoms with Gasteiger partial charge < -0.3 is 19.3 Å². The van der Waals surface area contributed by atoms with Crippen LogP contribution in [0.5, 0.6) is 0 Å². The lowest BCUT2D eigenvalue weighted by molar-refractivity contribution is -0.187. The summed E-state index contributed by atoms with van der Waals surface area (Å²) < 4.78 is 11.4. The zero-order valence-electron chi connectivity index (χ0n) is 15.5. The topological polar surface area (TPSA) is 59.1 Å². The number of carbonyl (C=O) groups is 2. The number of ether oxygens (including phenoxy) is 2. The van der Waals surface area contributed by atoms with Crippen molar-refractivity contribution in [2.45, 2.75) is 38.4 Å². The summed E-state index contributed by atoms with van der Waals surface area (Å²) in [6.45, 7) is 5.26. The number of rotatable bonds is 6. The normalized spacial score (nSPS) is 18.9. The number of benzene rings is 1. The maximum atomic E-state index is 12.5. The second kappa shape index (κ2) is 8.64. The van der Waals surface area contributed by atoms with E-state index >= 15 is 0 Å². The summed E-state index contributed by atoms with van der Waals surface area (Å²) in [7, 11) is 0. The first kappa shape index (κ1) is 18.9. The van der Waals surface area contributed by atoms with Crippen molar-refractivity contribution in [2.75, 3.05) is 39.4 Å². The fraction of sp³-hybridized carbons (Fsp3) is 0.600. The van der Waals surface area contributed by atoms with Gasteiger partial charge in [0.2, 0.25) is 11.8 Å². The van der Waals surface area contributed by atoms with Crippen LogP contribution in [0.3, 0.4) is 0 Å². The number of nitrogens with zero attached hydrogens (tertiary/aromatic N) is 2. The first-order chi connectivity index (χ1) is 12.6. The van der Waals surface area contributed by atoms with E-state index in [1.807, 2.05) is 23.1 Å². The molecule has 2 heterocycles. The fourth-order valence-corrected chi connectivity index (χ4v) is 3.61. The third-order valence-corrected chi connectivity index (χ3v) is 5.25. The average molecular weight is 360 g/mol. The molecule has 2 aliphatic heterocycles. The van der Waals surface area contributed by atoms with E-state index < -0.39 is 5.79 Å². The lowest BCUT2D eigenvalue weighted by Crippen LogP contribution is -2.48. The molecule has 0 unspecified atom stereocenters. The monoisotopic (exact) mass is 360 g/mol. The van der Waals surface area contributed by atoms with Crippen LogP contribution in [0, 0.1) is 0 Å². The molecule has 0 atom stereocenters. The second-order valence-electron chi connectivity index (χ2n) is 6.98. The van der Waals surface area contributed by atoms with Crippen LogP contribution in [0.2, 0.25) is 0 Å². The summed E-state index contributed by atoms with van der Waals surface area (Å²) in [5.74, 6) is -0.347. The molecule has 2 fully saturated rings. The van der Waals surface area contributed by atoms with Gasteiger partial charge >= 0.3 is 0 Å². The summed E-state index contributed by atoms with van der Waals surface area (Å²) in [6.07, 6.45) is 2.62. The SMILES string of the molecule is CC(=O)N(CCC(=O)N1CCC2(CC1)OCCO2)CCc1ccccc1. The molecule has 2 amide bonds. The molecule has 2 saturated heterocycles. The highest BCUT2D eigenvalue weighted by molar-refractivity contribution is 5.78. The Kier molecular flexibility index (Phi) is 6.27. The average Bonchev–Trinajstić information content (AvgIpc) is 3.10. The summed E-state index contributed by atoms with van der Waals surface area (Å²) in [5, 5.41) is 0. The molecule has 0 aromatic heterocycles. The summed E-state index contributed by atoms with van der Waals surface area (Å²) in [4.78, 5) is 28.0. The molecule has 0 bridgehead atoms. The largest absolute Gasteiger partial charge is 0.347 e. The predicted molar refractivity (Wildman–Crippen MR) is 97.5 cm³/mol. The lowest BCUT2D eigenvalue weighted by atomic mass is 10.0. The van der Waals surface area contributed by atoms with Crippen LogP contribution in [-0.2, 0) is 25.5 Å². The maximum absolute atomic E-state index is 12.5. The molecule has 1 spiro atoms. The van der Waals surface area contributed by atoms with Gasteiger partial charge in [-0.3, -0.25) is 9.59 Å². The van der Waals surface area contributed by atoms with Gasteiger partial charge in [0.05, 0.1) is 13.2 Å². The molecular formula is C20H28N2O4. The molecule has 0 saturated carbocycles. The van der Waals surface area contributed by atoms with E-state index in [1.165, 1.54) is 5.56 Å². The highest BCUT2D eigenvalue weighted by Gasteiger charge is 2.40. The van der Waals surface area contributed by atoms with Crippen LogP contribution < -0.4 is 0 Å². The Morgan fingerprint density at radius 3 is 2.35 bits per heavy atom. The Morgan fingerprint density at radius 2 is 1.73 bits per heavy atom. The quantitative estimate of drug-likeness (QED) is 0.777. The highest BCUT2D eigenvalue weighted by atomic mass is 16.7. The van der Waals surface area contributed by atoms with E-state index in [0.717, 1.165) is 19.3 Å². The van der Waals surface area contributed by atoms with E-state index in [-0.39, 0.29) is 11.8 Å². The van der Waals surface area contributed by atoms with Crippen LogP contribution in [0.1, 0.15) is 31.7 Å². The van der Waals surface area contributed by atoms with Gasteiger partial charge in [0.25, 0.3) is 0 Å². The highest BCUT2D eigenvalue weighted by Crippen LogP contribution is 2.31. The number of hydrogen-bond donors (Lipinski definition) is 0. The van der Waals surface area contributed by atoms with Crippen LogP contribution in [-0.4, -0.2) is 66.8 Å². The molecule has 6 heteroatoms. The maximum Gasteiger partial charge on any atom is 0.224 e. The third-order valence-electron chi connectivity index (χ3n) is 5.25. The van der Waals surface area contributed by atoms with Gasteiger partial charge in [-0.05, 0) is 12.0 Å². The van der Waals surface area contributed by atoms with E-state index in [1.54, 1.807) is 11.8 Å². The van der Waals surface area contributed by atoms with Gasteiger partial charge in [-0.1, -0.05) is 30.3 Å². The van der Waals surface area contributed by atoms with Crippen molar-refractivity contribution in [1.29, 1.82) is 0 Å². The van der Waals surface area contributed by atoms with Crippen molar-refractivity contribution in [3.05, 3.63) is 35.9 Å². The molecule has 0 aliphatic carbocycles. The van der Waals surface area contributed by atoms with Gasteiger partial charge in [-0.15, -0.1) is 0 Å². The van der Waals surface area contributed by atoms with Crippen LogP contribution in [0.15, 0.2) is 30.3 Å². The molecule has 1 aromatic carbocycles. The molecule has 2 aliphatic rings. The Bertz CT molecular complexity index is 603. The Morgan fingerprint density at radius 1 is 1.08 bits per heavy atom. The molecule has 1 aromatic rings. The third kappa shape index (κ3) is 4.83. The van der Waals surface area contributed by atoms with Crippen molar-refractivity contribution in [1.82, 2.24) is 9.80 Å². The molecule has 6 nitrogen and oxygen atoms in total. The molecule has 26 heavy (non-hydrogen) atoms. The Labute approximate surface area is 155 Å². The van der Waals surface area contributed by atoms with Crippen molar-refractivity contribution >= 4 is 11.8 Å². The van der Waals surface area contributed by atoms with Gasteiger partial charge in [0.1, 0.15) is 0 Å². The number of likely N-dealkylation sites (tertiary alicyclic amines) is 1. The van der Waals surface area contributed by atoms with E-state index in [0.29, 0.717) is 45.8 Å².